The monoisotopic (exact) mass is 801 g/mol. The van der Waals surface area contributed by atoms with E-state index in [2.05, 4.69) is 172 Å². The van der Waals surface area contributed by atoms with E-state index in [0.717, 1.165) is 61.5 Å². The predicted octanol–water partition coefficient (Wildman–Crippen LogP) is 13.5. The maximum absolute atomic E-state index is 4.43. The highest BCUT2D eigenvalue weighted by Gasteiger charge is 2.16. The Balaban J connectivity index is 0.000000117. The van der Waals surface area contributed by atoms with Crippen LogP contribution in [0.5, 0.6) is 0 Å². The van der Waals surface area contributed by atoms with Gasteiger partial charge >= 0.3 is 0 Å². The van der Waals surface area contributed by atoms with E-state index in [1.165, 1.54) is 81.1 Å². The molecular weight excluding hydrogens is 751 g/mol. The smallest absolute Gasteiger partial charge is 0.160 e. The van der Waals surface area contributed by atoms with Crippen molar-refractivity contribution in [3.63, 3.8) is 0 Å². The Labute approximate surface area is 356 Å². The van der Waals surface area contributed by atoms with Crippen molar-refractivity contribution in [1.82, 2.24) is 30.6 Å². The quantitative estimate of drug-likeness (QED) is 0.0995. The Kier molecular flexibility index (Phi) is 10.9. The van der Waals surface area contributed by atoms with Crippen LogP contribution in [0.25, 0.3) is 43.5 Å². The van der Waals surface area contributed by atoms with E-state index in [4.69, 9.17) is 0 Å². The van der Waals surface area contributed by atoms with Crippen LogP contribution in [0.15, 0.2) is 133 Å². The lowest BCUT2D eigenvalue weighted by Gasteiger charge is -2.20. The summed E-state index contributed by atoms with van der Waals surface area (Å²) in [5.41, 5.74) is 15.9. The molecule has 6 N–H and O–H groups in total. The average Bonchev–Trinajstić information content (AvgIpc) is 4.00. The molecule has 1 aliphatic carbocycles. The molecule has 0 unspecified atom stereocenters. The molecule has 0 fully saturated rings. The fraction of sp³-hybridized carbons (Fsp3) is 0.173. The van der Waals surface area contributed by atoms with E-state index < -0.39 is 0 Å². The molecule has 61 heavy (non-hydrogen) atoms. The number of hydrogen-bond donors (Lipinski definition) is 6. The average molecular weight is 802 g/mol. The predicted molar refractivity (Wildman–Crippen MR) is 255 cm³/mol. The lowest BCUT2D eigenvalue weighted by molar-refractivity contribution is 0.686. The molecule has 3 heterocycles. The maximum atomic E-state index is 4.43. The van der Waals surface area contributed by atoms with Gasteiger partial charge < -0.3 is 16.0 Å². The number of nitrogens with one attached hydrogen (secondary N) is 6. The zero-order chi connectivity index (χ0) is 41.9. The van der Waals surface area contributed by atoms with Crippen molar-refractivity contribution in [1.29, 1.82) is 0 Å². The molecule has 0 saturated carbocycles. The third-order valence-electron chi connectivity index (χ3n) is 11.6. The van der Waals surface area contributed by atoms with Gasteiger partial charge in [-0.3, -0.25) is 15.3 Å². The molecule has 10 aromatic rings. The minimum absolute atomic E-state index is 0.862. The van der Waals surface area contributed by atoms with E-state index in [1.54, 1.807) is 0 Å². The van der Waals surface area contributed by atoms with E-state index in [0.29, 0.717) is 0 Å². The number of aryl methyl sites for hydroxylation is 5. The van der Waals surface area contributed by atoms with Gasteiger partial charge in [0.2, 0.25) is 0 Å². The van der Waals surface area contributed by atoms with Crippen molar-refractivity contribution in [2.75, 3.05) is 16.0 Å². The fourth-order valence-electron chi connectivity index (χ4n) is 8.43. The van der Waals surface area contributed by atoms with Gasteiger partial charge in [0.25, 0.3) is 0 Å². The summed E-state index contributed by atoms with van der Waals surface area (Å²) in [6.07, 6.45) is 4.96. The van der Waals surface area contributed by atoms with Gasteiger partial charge in [-0.25, -0.2) is 0 Å². The molecule has 304 valence electrons. The van der Waals surface area contributed by atoms with Crippen molar-refractivity contribution in [2.24, 2.45) is 0 Å². The van der Waals surface area contributed by atoms with Gasteiger partial charge in [-0.1, -0.05) is 78.9 Å². The van der Waals surface area contributed by atoms with E-state index >= 15 is 0 Å². The number of anilines is 6. The lowest BCUT2D eigenvalue weighted by atomic mass is 9.89. The van der Waals surface area contributed by atoms with Crippen LogP contribution >= 0.6 is 0 Å². The Morgan fingerprint density at radius 1 is 0.426 bits per heavy atom. The first-order chi connectivity index (χ1) is 29.8. The van der Waals surface area contributed by atoms with Gasteiger partial charge in [-0.15, -0.1) is 0 Å². The molecule has 0 spiro atoms. The van der Waals surface area contributed by atoms with Crippen LogP contribution in [-0.2, 0) is 12.8 Å². The van der Waals surface area contributed by atoms with Crippen molar-refractivity contribution >= 4 is 78.0 Å². The zero-order valence-electron chi connectivity index (χ0n) is 35.4. The minimum Gasteiger partial charge on any atom is -0.338 e. The number of aromatic nitrogens is 6. The molecule has 3 aromatic heterocycles. The second kappa shape index (κ2) is 17.1. The van der Waals surface area contributed by atoms with E-state index in [1.807, 2.05) is 42.5 Å². The maximum Gasteiger partial charge on any atom is 0.160 e. The second-order valence-electron chi connectivity index (χ2n) is 16.2. The first-order valence-corrected chi connectivity index (χ1v) is 21.1. The molecule has 7 aromatic carbocycles. The van der Waals surface area contributed by atoms with Crippen molar-refractivity contribution in [3.05, 3.63) is 172 Å². The van der Waals surface area contributed by atoms with Crippen LogP contribution in [-0.4, -0.2) is 30.6 Å². The minimum atomic E-state index is 0.862. The van der Waals surface area contributed by atoms with Gasteiger partial charge in [-0.05, 0) is 159 Å². The molecule has 0 amide bonds. The standard InChI is InChI=1S/C18H19N3.C18H15N3.C16H17N3/c2*1-12-10-13-6-2-3-7-14(13)17(11-12)19-18-15-8-4-5-9-16(15)20-21-18;1-10-8-11(2)12(3)15(9-10)17-16-13-6-4-5-7-14(13)18-19-16/h4-5,8-11H,2-3,6-7H2,1H3,(H2,19,20,21);2-11H,1H3,(H2,19,20,21);4-9H,1-3H3,(H2,17,18,19). The Morgan fingerprint density at radius 3 is 1.48 bits per heavy atom. The normalized spacial score (nSPS) is 12.1. The molecule has 1 aliphatic rings. The number of hydrogen-bond acceptors (Lipinski definition) is 6. The third kappa shape index (κ3) is 8.41. The number of aromatic amines is 3. The SMILES string of the molecule is Cc1cc(C)c(C)c(Nc2n[nH]c3ccccc23)c1.Cc1cc(Nc2n[nH]c3ccccc23)c2ccccc2c1.Cc1cc2c(c(Nc3n[nH]c4ccccc34)c1)CCCC2. The summed E-state index contributed by atoms with van der Waals surface area (Å²) < 4.78 is 0. The first-order valence-electron chi connectivity index (χ1n) is 21.1. The topological polar surface area (TPSA) is 122 Å². The largest absolute Gasteiger partial charge is 0.338 e. The number of nitrogens with zero attached hydrogens (tertiary/aromatic N) is 3. The van der Waals surface area contributed by atoms with E-state index in [-0.39, 0.29) is 0 Å². The number of rotatable bonds is 6. The Hall–Kier alpha value is -7.39. The summed E-state index contributed by atoms with van der Waals surface area (Å²) in [7, 11) is 0. The van der Waals surface area contributed by atoms with Gasteiger partial charge in [-0.2, -0.15) is 15.3 Å². The molecular formula is C52H51N9. The van der Waals surface area contributed by atoms with Crippen LogP contribution < -0.4 is 16.0 Å². The highest BCUT2D eigenvalue weighted by molar-refractivity contribution is 5.99. The van der Waals surface area contributed by atoms with Crippen LogP contribution in [0, 0.1) is 34.6 Å². The van der Waals surface area contributed by atoms with Gasteiger partial charge in [0.15, 0.2) is 17.5 Å². The summed E-state index contributed by atoms with van der Waals surface area (Å²) in [5, 5.41) is 38.6. The molecule has 0 bridgehead atoms. The van der Waals surface area contributed by atoms with Gasteiger partial charge in [0.05, 0.1) is 16.6 Å². The summed E-state index contributed by atoms with van der Waals surface area (Å²) >= 11 is 0. The van der Waals surface area contributed by atoms with Gasteiger partial charge in [0.1, 0.15) is 0 Å². The third-order valence-corrected chi connectivity index (χ3v) is 11.6. The summed E-state index contributed by atoms with van der Waals surface area (Å²) in [6.45, 7) is 10.7. The van der Waals surface area contributed by atoms with Crippen molar-refractivity contribution < 1.29 is 0 Å². The van der Waals surface area contributed by atoms with Crippen LogP contribution in [0.2, 0.25) is 0 Å². The highest BCUT2D eigenvalue weighted by atomic mass is 15.2. The van der Waals surface area contributed by atoms with E-state index in [9.17, 15) is 0 Å². The first kappa shape index (κ1) is 39.1. The number of H-pyrrole nitrogens is 3. The molecule has 0 atom stereocenters. The summed E-state index contributed by atoms with van der Waals surface area (Å²) in [4.78, 5) is 0. The van der Waals surface area contributed by atoms with Crippen LogP contribution in [0.1, 0.15) is 51.8 Å². The van der Waals surface area contributed by atoms with Crippen molar-refractivity contribution in [3.8, 4) is 0 Å². The Morgan fingerprint density at radius 2 is 0.869 bits per heavy atom. The van der Waals surface area contributed by atoms with Gasteiger partial charge in [0, 0.05) is 38.6 Å². The van der Waals surface area contributed by atoms with Crippen molar-refractivity contribution in [2.45, 2.75) is 60.3 Å². The lowest BCUT2D eigenvalue weighted by Crippen LogP contribution is -2.07. The molecule has 9 heteroatoms. The molecule has 0 radical (unpaired) electrons. The zero-order valence-corrected chi connectivity index (χ0v) is 35.4. The van der Waals surface area contributed by atoms with Crippen LogP contribution in [0.4, 0.5) is 34.5 Å². The van der Waals surface area contributed by atoms with Crippen LogP contribution in [0.3, 0.4) is 0 Å². The summed E-state index contributed by atoms with van der Waals surface area (Å²) in [6, 6.07) is 46.2. The summed E-state index contributed by atoms with van der Waals surface area (Å²) in [5.74, 6) is 2.66. The number of para-hydroxylation sites is 3. The number of benzene rings is 7. The second-order valence-corrected chi connectivity index (χ2v) is 16.2. The fourth-order valence-corrected chi connectivity index (χ4v) is 8.43. The molecule has 0 saturated heterocycles. The number of fused-ring (bicyclic) bond motifs is 5. The molecule has 11 rings (SSSR count). The highest BCUT2D eigenvalue weighted by Crippen LogP contribution is 2.34. The Bertz CT molecular complexity index is 3150. The molecule has 9 nitrogen and oxygen atoms in total. The molecule has 0 aliphatic heterocycles.